The fourth-order valence-electron chi connectivity index (χ4n) is 0.798. The summed E-state index contributed by atoms with van der Waals surface area (Å²) in [5.41, 5.74) is 0. The zero-order valence-electron chi connectivity index (χ0n) is 9.82. The molecular formula is C7H2F14O2. The van der Waals surface area contributed by atoms with Gasteiger partial charge in [-0.15, -0.1) is 0 Å². The van der Waals surface area contributed by atoms with Crippen LogP contribution >= 0.6 is 0 Å². The van der Waals surface area contributed by atoms with Crippen molar-refractivity contribution in [3.05, 3.63) is 0 Å². The Balaban J connectivity index is 5.74. The Morgan fingerprint density at radius 2 is 0.913 bits per heavy atom. The molecule has 0 spiro atoms. The lowest BCUT2D eigenvalue weighted by molar-refractivity contribution is -0.526. The second kappa shape index (κ2) is 5.78. The van der Waals surface area contributed by atoms with Crippen LogP contribution in [0, 0.1) is 0 Å². The lowest BCUT2D eigenvalue weighted by Crippen LogP contribution is -2.64. The number of halogens is 14. The van der Waals surface area contributed by atoms with Gasteiger partial charge in [-0.1, -0.05) is 0 Å². The van der Waals surface area contributed by atoms with Crippen LogP contribution in [0.25, 0.3) is 0 Å². The maximum absolute atomic E-state index is 12.6. The van der Waals surface area contributed by atoms with E-state index in [0.29, 0.717) is 0 Å². The molecule has 0 radical (unpaired) electrons. The van der Waals surface area contributed by atoms with E-state index in [0.717, 1.165) is 0 Å². The Labute approximate surface area is 115 Å². The van der Waals surface area contributed by atoms with Crippen LogP contribution in [-0.4, -0.2) is 43.2 Å². The summed E-state index contributed by atoms with van der Waals surface area (Å²) < 4.78 is 174. The molecule has 140 valence electrons. The standard InChI is InChI=1S/C7H2F14O2/c8-1-22-6(18,19)7(20,21)23-5(16,17)3(11,12)2(9,10)4(13,14)15/h1H2. The molecule has 0 atom stereocenters. The third-order valence-electron chi connectivity index (χ3n) is 1.95. The Bertz CT molecular complexity index is 412. The molecular weight excluding hydrogens is 382 g/mol. The van der Waals surface area contributed by atoms with Gasteiger partial charge < -0.3 is 0 Å². The van der Waals surface area contributed by atoms with E-state index < -0.39 is 43.2 Å². The van der Waals surface area contributed by atoms with E-state index in [-0.39, 0.29) is 0 Å². The first kappa shape index (κ1) is 21.9. The highest BCUT2D eigenvalue weighted by Gasteiger charge is 2.85. The Morgan fingerprint density at radius 1 is 0.522 bits per heavy atom. The van der Waals surface area contributed by atoms with E-state index in [4.69, 9.17) is 0 Å². The van der Waals surface area contributed by atoms with Gasteiger partial charge in [0.25, 0.3) is 0 Å². The van der Waals surface area contributed by atoms with E-state index in [9.17, 15) is 61.5 Å². The summed E-state index contributed by atoms with van der Waals surface area (Å²) in [5.74, 6) is -15.4. The van der Waals surface area contributed by atoms with Gasteiger partial charge in [0.15, 0.2) is 6.86 Å². The van der Waals surface area contributed by atoms with Crippen molar-refractivity contribution in [3.63, 3.8) is 0 Å². The molecule has 0 aliphatic carbocycles. The van der Waals surface area contributed by atoms with Gasteiger partial charge in [0.05, 0.1) is 0 Å². The monoisotopic (exact) mass is 384 g/mol. The van der Waals surface area contributed by atoms with Crippen molar-refractivity contribution in [3.8, 4) is 0 Å². The van der Waals surface area contributed by atoms with Crippen LogP contribution in [0.15, 0.2) is 0 Å². The van der Waals surface area contributed by atoms with Crippen LogP contribution in [0.2, 0.25) is 0 Å². The second-order valence-electron chi connectivity index (χ2n) is 3.55. The van der Waals surface area contributed by atoms with Gasteiger partial charge in [-0.3, -0.25) is 4.74 Å². The molecule has 0 N–H and O–H groups in total. The summed E-state index contributed by atoms with van der Waals surface area (Å²) in [6.45, 7) is -2.80. The minimum atomic E-state index is -7.73. The first-order valence-corrected chi connectivity index (χ1v) is 4.63. The van der Waals surface area contributed by atoms with Gasteiger partial charge in [0.1, 0.15) is 0 Å². The number of hydrogen-bond donors (Lipinski definition) is 0. The Hall–Kier alpha value is -1.06. The highest BCUT2D eigenvalue weighted by molar-refractivity contribution is 4.97. The van der Waals surface area contributed by atoms with E-state index in [1.165, 1.54) is 4.74 Å². The minimum Gasteiger partial charge on any atom is -0.281 e. The fraction of sp³-hybridized carbons (Fsp3) is 1.00. The summed E-state index contributed by atoms with van der Waals surface area (Å²) in [7, 11) is 0. The van der Waals surface area contributed by atoms with Gasteiger partial charge in [-0.05, 0) is 0 Å². The van der Waals surface area contributed by atoms with Crippen molar-refractivity contribution in [2.24, 2.45) is 0 Å². The van der Waals surface area contributed by atoms with Crippen LogP contribution in [-0.2, 0) is 9.47 Å². The van der Waals surface area contributed by atoms with Crippen LogP contribution < -0.4 is 0 Å². The molecule has 0 aliphatic rings. The largest absolute Gasteiger partial charge is 0.460 e. The van der Waals surface area contributed by atoms with Gasteiger partial charge >= 0.3 is 36.3 Å². The first-order valence-electron chi connectivity index (χ1n) is 4.63. The maximum Gasteiger partial charge on any atom is 0.460 e. The second-order valence-corrected chi connectivity index (χ2v) is 3.55. The van der Waals surface area contributed by atoms with Gasteiger partial charge in [0.2, 0.25) is 0 Å². The fourth-order valence-corrected chi connectivity index (χ4v) is 0.798. The molecule has 0 saturated heterocycles. The maximum atomic E-state index is 12.6. The smallest absolute Gasteiger partial charge is 0.281 e. The van der Waals surface area contributed by atoms with Crippen LogP contribution in [0.5, 0.6) is 0 Å². The third-order valence-corrected chi connectivity index (χ3v) is 1.95. The molecule has 0 amide bonds. The summed E-state index contributed by atoms with van der Waals surface area (Å²) in [4.78, 5) is 0. The van der Waals surface area contributed by atoms with Crippen molar-refractivity contribution in [1.82, 2.24) is 0 Å². The van der Waals surface area contributed by atoms with E-state index >= 15 is 0 Å². The van der Waals surface area contributed by atoms with Gasteiger partial charge in [-0.2, -0.15) is 57.1 Å². The lowest BCUT2D eigenvalue weighted by Gasteiger charge is -2.35. The molecule has 0 aromatic rings. The molecule has 0 unspecified atom stereocenters. The van der Waals surface area contributed by atoms with Crippen LogP contribution in [0.1, 0.15) is 0 Å². The minimum absolute atomic E-state index is 1.45. The molecule has 0 fully saturated rings. The molecule has 0 aliphatic heterocycles. The zero-order chi connectivity index (χ0) is 19.1. The molecule has 2 nitrogen and oxygen atoms in total. The first-order chi connectivity index (χ1) is 9.77. The van der Waals surface area contributed by atoms with Crippen LogP contribution in [0.4, 0.5) is 61.5 Å². The number of ether oxygens (including phenoxy) is 2. The average Bonchev–Trinajstić information content (AvgIpc) is 2.24. The SMILES string of the molecule is FCOC(F)(F)C(F)(F)OC(F)(F)C(F)(F)C(F)(F)C(F)(F)F. The van der Waals surface area contributed by atoms with Gasteiger partial charge in [-0.25, -0.2) is 9.13 Å². The summed E-state index contributed by atoms with van der Waals surface area (Å²) in [6.07, 6.45) is -28.1. The predicted octanol–water partition coefficient (Wildman–Crippen LogP) is 4.56. The van der Waals surface area contributed by atoms with E-state index in [1.807, 2.05) is 0 Å². The summed E-state index contributed by atoms with van der Waals surface area (Å²) in [5, 5.41) is 0. The molecule has 0 saturated carbocycles. The quantitative estimate of drug-likeness (QED) is 0.600. The van der Waals surface area contributed by atoms with Crippen molar-refractivity contribution >= 4 is 0 Å². The third kappa shape index (κ3) is 3.72. The normalized spacial score (nSPS) is 15.9. The topological polar surface area (TPSA) is 18.5 Å². The number of alkyl halides is 14. The Morgan fingerprint density at radius 3 is 1.22 bits per heavy atom. The Kier molecular flexibility index (Phi) is 5.52. The molecule has 0 aromatic heterocycles. The average molecular weight is 384 g/mol. The van der Waals surface area contributed by atoms with Crippen LogP contribution in [0.3, 0.4) is 0 Å². The van der Waals surface area contributed by atoms with E-state index in [2.05, 4.69) is 4.74 Å². The predicted molar refractivity (Wildman–Crippen MR) is 38.9 cm³/mol. The number of rotatable bonds is 7. The van der Waals surface area contributed by atoms with Crippen molar-refractivity contribution in [2.45, 2.75) is 36.3 Å². The molecule has 16 heteroatoms. The zero-order valence-corrected chi connectivity index (χ0v) is 9.82. The summed E-state index contributed by atoms with van der Waals surface area (Å²) in [6, 6.07) is 0. The highest BCUT2D eigenvalue weighted by Crippen LogP contribution is 2.55. The molecule has 0 aromatic carbocycles. The summed E-state index contributed by atoms with van der Waals surface area (Å²) >= 11 is 0. The molecule has 0 heterocycles. The van der Waals surface area contributed by atoms with Crippen molar-refractivity contribution in [1.29, 1.82) is 0 Å². The van der Waals surface area contributed by atoms with Gasteiger partial charge in [0, 0.05) is 0 Å². The highest BCUT2D eigenvalue weighted by atomic mass is 19.4. The molecule has 0 rings (SSSR count). The molecule has 23 heavy (non-hydrogen) atoms. The van der Waals surface area contributed by atoms with Crippen molar-refractivity contribution < 1.29 is 70.9 Å². The molecule has 0 bridgehead atoms. The van der Waals surface area contributed by atoms with E-state index in [1.54, 1.807) is 0 Å². The number of hydrogen-bond acceptors (Lipinski definition) is 2. The van der Waals surface area contributed by atoms with Crippen molar-refractivity contribution in [2.75, 3.05) is 6.86 Å². The lowest BCUT2D eigenvalue weighted by atomic mass is 10.1.